The predicted octanol–water partition coefficient (Wildman–Crippen LogP) is 2.88. The summed E-state index contributed by atoms with van der Waals surface area (Å²) in [7, 11) is 0. The van der Waals surface area contributed by atoms with E-state index >= 15 is 0 Å². The van der Waals surface area contributed by atoms with E-state index in [0.717, 1.165) is 23.2 Å². The Hall–Kier alpha value is -2.22. The Balaban J connectivity index is 1.49. The van der Waals surface area contributed by atoms with Crippen molar-refractivity contribution in [3.05, 3.63) is 27.1 Å². The molecule has 2 aliphatic carbocycles. The summed E-state index contributed by atoms with van der Waals surface area (Å²) in [5.41, 5.74) is 0.257. The predicted molar refractivity (Wildman–Crippen MR) is 111 cm³/mol. The third kappa shape index (κ3) is 3.70. The van der Waals surface area contributed by atoms with E-state index in [0.29, 0.717) is 26.6 Å². The first-order valence-corrected chi connectivity index (χ1v) is 11.2. The van der Waals surface area contributed by atoms with Gasteiger partial charge in [-0.25, -0.2) is 9.78 Å². The number of hydrogen-bond acceptors (Lipinski definition) is 6. The number of amides is 1. The number of nitrogens with one attached hydrogen (secondary N) is 1. The van der Waals surface area contributed by atoms with Gasteiger partial charge >= 0.3 is 5.97 Å². The second-order valence-corrected chi connectivity index (χ2v) is 9.33. The number of carbonyl (C=O) groups excluding carboxylic acids is 2. The normalized spacial score (nSPS) is 24.0. The van der Waals surface area contributed by atoms with Crippen LogP contribution in [0.25, 0.3) is 10.2 Å². The summed E-state index contributed by atoms with van der Waals surface area (Å²) in [6.45, 7) is 5.72. The molecule has 2 bridgehead atoms. The van der Waals surface area contributed by atoms with E-state index < -0.39 is 5.97 Å². The van der Waals surface area contributed by atoms with Crippen LogP contribution in [0.1, 0.15) is 54.8 Å². The number of aromatic nitrogens is 2. The van der Waals surface area contributed by atoms with Gasteiger partial charge in [-0.05, 0) is 63.4 Å². The number of thiophene rings is 1. The molecule has 2 saturated carbocycles. The summed E-state index contributed by atoms with van der Waals surface area (Å²) in [4.78, 5) is 42.8. The van der Waals surface area contributed by atoms with Crippen molar-refractivity contribution in [3.63, 3.8) is 0 Å². The second kappa shape index (κ2) is 7.89. The summed E-state index contributed by atoms with van der Waals surface area (Å²) in [6, 6.07) is 0.114. The van der Waals surface area contributed by atoms with Crippen LogP contribution in [-0.2, 0) is 16.1 Å². The molecule has 0 spiro atoms. The van der Waals surface area contributed by atoms with Crippen LogP contribution in [-0.4, -0.2) is 34.1 Å². The zero-order valence-corrected chi connectivity index (χ0v) is 17.9. The fourth-order valence-corrected chi connectivity index (χ4v) is 6.16. The van der Waals surface area contributed by atoms with Crippen LogP contribution < -0.4 is 10.9 Å². The molecule has 4 rings (SSSR count). The minimum Gasteiger partial charge on any atom is -0.462 e. The summed E-state index contributed by atoms with van der Waals surface area (Å²) in [5.74, 6) is 1.47. The van der Waals surface area contributed by atoms with E-state index in [-0.39, 0.29) is 30.7 Å². The van der Waals surface area contributed by atoms with Gasteiger partial charge in [0.25, 0.3) is 5.56 Å². The van der Waals surface area contributed by atoms with Crippen molar-refractivity contribution in [2.24, 2.45) is 17.8 Å². The Morgan fingerprint density at radius 1 is 1.38 bits per heavy atom. The standard InChI is InChI=1S/C21H27N3O4S/c1-4-28-21(27)18-11(2)17-19(29-18)22-10-24(20(17)26)9-16(25)23-12(3)15-8-13-5-6-14(15)7-13/h10,12-15H,4-9H2,1-3H3,(H,23,25). The van der Waals surface area contributed by atoms with Crippen LogP contribution in [0.3, 0.4) is 0 Å². The van der Waals surface area contributed by atoms with Crippen molar-refractivity contribution in [1.29, 1.82) is 0 Å². The average molecular weight is 418 g/mol. The van der Waals surface area contributed by atoms with Gasteiger partial charge in [0, 0.05) is 6.04 Å². The first-order chi connectivity index (χ1) is 13.9. The Kier molecular flexibility index (Phi) is 5.46. The molecule has 2 aromatic rings. The minimum absolute atomic E-state index is 0.0725. The van der Waals surface area contributed by atoms with Crippen LogP contribution in [0.15, 0.2) is 11.1 Å². The fourth-order valence-electron chi connectivity index (χ4n) is 5.13. The summed E-state index contributed by atoms with van der Waals surface area (Å²) in [6.07, 6.45) is 6.49. The van der Waals surface area contributed by atoms with Crippen molar-refractivity contribution in [3.8, 4) is 0 Å². The third-order valence-electron chi connectivity index (χ3n) is 6.52. The molecular formula is C21H27N3O4S. The minimum atomic E-state index is -0.448. The number of esters is 1. The molecule has 0 saturated heterocycles. The van der Waals surface area contributed by atoms with Gasteiger partial charge in [-0.3, -0.25) is 14.2 Å². The SMILES string of the molecule is CCOC(=O)c1sc2ncn(CC(=O)NC(C)C3CC4CCC3C4)c(=O)c2c1C. The van der Waals surface area contributed by atoms with Crippen molar-refractivity contribution < 1.29 is 14.3 Å². The lowest BCUT2D eigenvalue weighted by molar-refractivity contribution is -0.122. The third-order valence-corrected chi connectivity index (χ3v) is 7.70. The van der Waals surface area contributed by atoms with Gasteiger partial charge in [0.05, 0.1) is 18.3 Å². The lowest BCUT2D eigenvalue weighted by Crippen LogP contribution is -2.42. The lowest BCUT2D eigenvalue weighted by atomic mass is 9.84. The molecule has 7 nitrogen and oxygen atoms in total. The van der Waals surface area contributed by atoms with Gasteiger partial charge in [-0.15, -0.1) is 11.3 Å². The number of fused-ring (bicyclic) bond motifs is 3. The molecule has 0 radical (unpaired) electrons. The Labute approximate surface area is 173 Å². The lowest BCUT2D eigenvalue weighted by Gasteiger charge is -2.28. The molecule has 2 heterocycles. The first kappa shape index (κ1) is 20.1. The molecule has 8 heteroatoms. The van der Waals surface area contributed by atoms with Gasteiger partial charge in [0.15, 0.2) is 0 Å². The monoisotopic (exact) mass is 417 g/mol. The maximum absolute atomic E-state index is 12.9. The highest BCUT2D eigenvalue weighted by Gasteiger charge is 2.42. The van der Waals surface area contributed by atoms with Crippen LogP contribution in [0.2, 0.25) is 0 Å². The number of hydrogen-bond donors (Lipinski definition) is 1. The van der Waals surface area contributed by atoms with Crippen molar-refractivity contribution in [1.82, 2.24) is 14.9 Å². The number of aryl methyl sites for hydroxylation is 1. The zero-order valence-electron chi connectivity index (χ0n) is 17.1. The molecule has 2 fully saturated rings. The molecule has 4 unspecified atom stereocenters. The smallest absolute Gasteiger partial charge is 0.348 e. The highest BCUT2D eigenvalue weighted by molar-refractivity contribution is 7.20. The molecule has 1 N–H and O–H groups in total. The van der Waals surface area contributed by atoms with E-state index in [1.807, 2.05) is 0 Å². The maximum Gasteiger partial charge on any atom is 0.348 e. The molecular weight excluding hydrogens is 390 g/mol. The number of nitrogens with zero attached hydrogens (tertiary/aromatic N) is 2. The van der Waals surface area contributed by atoms with E-state index in [4.69, 9.17) is 4.74 Å². The molecule has 29 heavy (non-hydrogen) atoms. The quantitative estimate of drug-likeness (QED) is 0.730. The molecule has 156 valence electrons. The topological polar surface area (TPSA) is 90.3 Å². The van der Waals surface area contributed by atoms with Gasteiger partial charge in [0.1, 0.15) is 16.3 Å². The summed E-state index contributed by atoms with van der Waals surface area (Å²) in [5, 5.41) is 3.47. The average Bonchev–Trinajstić information content (AvgIpc) is 3.39. The molecule has 0 aromatic carbocycles. The van der Waals surface area contributed by atoms with Gasteiger partial charge in [-0.1, -0.05) is 6.42 Å². The maximum atomic E-state index is 12.9. The van der Waals surface area contributed by atoms with Crippen molar-refractivity contribution in [2.75, 3.05) is 6.61 Å². The highest BCUT2D eigenvalue weighted by atomic mass is 32.1. The summed E-state index contributed by atoms with van der Waals surface area (Å²) >= 11 is 1.15. The number of rotatable bonds is 6. The second-order valence-electron chi connectivity index (χ2n) is 8.33. The van der Waals surface area contributed by atoms with E-state index in [2.05, 4.69) is 17.2 Å². The Bertz CT molecular complexity index is 1010. The molecule has 1 amide bonds. The van der Waals surface area contributed by atoms with E-state index in [9.17, 15) is 14.4 Å². The van der Waals surface area contributed by atoms with E-state index in [1.54, 1.807) is 13.8 Å². The van der Waals surface area contributed by atoms with Gasteiger partial charge < -0.3 is 10.1 Å². The first-order valence-electron chi connectivity index (χ1n) is 10.3. The van der Waals surface area contributed by atoms with Crippen molar-refractivity contribution in [2.45, 2.75) is 59.0 Å². The Morgan fingerprint density at radius 2 is 2.17 bits per heavy atom. The molecule has 2 aliphatic rings. The van der Waals surface area contributed by atoms with Crippen LogP contribution in [0.5, 0.6) is 0 Å². The number of carbonyl (C=O) groups is 2. The van der Waals surface area contributed by atoms with E-state index in [1.165, 1.54) is 36.6 Å². The van der Waals surface area contributed by atoms with Crippen LogP contribution in [0.4, 0.5) is 0 Å². The number of ether oxygens (including phenoxy) is 1. The molecule has 2 aromatic heterocycles. The zero-order chi connectivity index (χ0) is 20.7. The van der Waals surface area contributed by atoms with Crippen molar-refractivity contribution >= 4 is 33.4 Å². The fraction of sp³-hybridized carbons (Fsp3) is 0.619. The van der Waals surface area contributed by atoms with Gasteiger partial charge in [0.2, 0.25) is 5.91 Å². The highest BCUT2D eigenvalue weighted by Crippen LogP contribution is 2.49. The van der Waals surface area contributed by atoms with Gasteiger partial charge in [-0.2, -0.15) is 0 Å². The molecule has 4 atom stereocenters. The largest absolute Gasteiger partial charge is 0.462 e. The molecule has 0 aliphatic heterocycles. The Morgan fingerprint density at radius 3 is 2.83 bits per heavy atom. The van der Waals surface area contributed by atoms with Crippen LogP contribution >= 0.6 is 11.3 Å². The summed E-state index contributed by atoms with van der Waals surface area (Å²) < 4.78 is 6.38. The van der Waals surface area contributed by atoms with Crippen LogP contribution in [0, 0.1) is 24.7 Å².